The third-order valence-electron chi connectivity index (χ3n) is 6.61. The van der Waals surface area contributed by atoms with Crippen molar-refractivity contribution in [3.8, 4) is 0 Å². The molecular formula is C28H41N3O8. The zero-order chi connectivity index (χ0) is 28.4. The Morgan fingerprint density at radius 1 is 1.00 bits per heavy atom. The third-order valence-corrected chi connectivity index (χ3v) is 6.61. The first-order valence-electron chi connectivity index (χ1n) is 13.8. The normalized spacial score (nSPS) is 21.4. The van der Waals surface area contributed by atoms with E-state index in [1.54, 1.807) is 20.8 Å². The molecule has 39 heavy (non-hydrogen) atoms. The molecule has 11 heteroatoms. The van der Waals surface area contributed by atoms with E-state index in [9.17, 15) is 19.2 Å². The Kier molecular flexibility index (Phi) is 11.5. The van der Waals surface area contributed by atoms with Gasteiger partial charge in [0.05, 0.1) is 18.8 Å². The van der Waals surface area contributed by atoms with Gasteiger partial charge in [0.2, 0.25) is 6.29 Å². The van der Waals surface area contributed by atoms with Gasteiger partial charge in [0.15, 0.2) is 0 Å². The van der Waals surface area contributed by atoms with Gasteiger partial charge in [-0.25, -0.2) is 14.6 Å². The monoisotopic (exact) mass is 547 g/mol. The van der Waals surface area contributed by atoms with Crippen molar-refractivity contribution >= 4 is 24.0 Å². The molecule has 11 nitrogen and oxygen atoms in total. The Balaban J connectivity index is 1.70. The summed E-state index contributed by atoms with van der Waals surface area (Å²) < 4.78 is 20.6. The minimum atomic E-state index is -1.18. The molecule has 2 fully saturated rings. The fourth-order valence-corrected chi connectivity index (χ4v) is 4.87. The molecule has 4 atom stereocenters. The van der Waals surface area contributed by atoms with E-state index in [0.29, 0.717) is 51.6 Å². The van der Waals surface area contributed by atoms with Crippen LogP contribution in [0.4, 0.5) is 4.79 Å². The summed E-state index contributed by atoms with van der Waals surface area (Å²) in [6.45, 7) is 7.98. The molecule has 2 unspecified atom stereocenters. The highest BCUT2D eigenvalue weighted by Crippen LogP contribution is 2.25. The number of carbonyl (C=O) groups excluding carboxylic acids is 4. The molecule has 0 aromatic heterocycles. The van der Waals surface area contributed by atoms with Gasteiger partial charge < -0.3 is 18.9 Å². The van der Waals surface area contributed by atoms with Crippen LogP contribution < -0.4 is 5.32 Å². The molecule has 216 valence electrons. The van der Waals surface area contributed by atoms with Crippen molar-refractivity contribution in [2.24, 2.45) is 0 Å². The quantitative estimate of drug-likeness (QED) is 0.251. The maximum Gasteiger partial charge on any atom is 0.511 e. The number of benzene rings is 1. The predicted octanol–water partition coefficient (Wildman–Crippen LogP) is 2.96. The van der Waals surface area contributed by atoms with Crippen molar-refractivity contribution in [3.05, 3.63) is 35.9 Å². The number of carbonyl (C=O) groups is 4. The van der Waals surface area contributed by atoms with Crippen molar-refractivity contribution in [1.29, 1.82) is 0 Å². The summed E-state index contributed by atoms with van der Waals surface area (Å²) in [6, 6.07) is 7.59. The topological polar surface area (TPSA) is 124 Å². The van der Waals surface area contributed by atoms with Crippen LogP contribution in [0.25, 0.3) is 0 Å². The smallest absolute Gasteiger partial charge is 0.465 e. The van der Waals surface area contributed by atoms with Crippen molar-refractivity contribution in [2.75, 3.05) is 19.7 Å². The molecule has 1 aromatic carbocycles. The zero-order valence-corrected chi connectivity index (χ0v) is 23.3. The Morgan fingerprint density at radius 3 is 2.36 bits per heavy atom. The van der Waals surface area contributed by atoms with Gasteiger partial charge in [-0.05, 0) is 64.9 Å². The molecule has 0 bridgehead atoms. The van der Waals surface area contributed by atoms with Crippen LogP contribution in [-0.2, 0) is 39.8 Å². The van der Waals surface area contributed by atoms with Gasteiger partial charge >= 0.3 is 18.1 Å². The van der Waals surface area contributed by atoms with Crippen LogP contribution in [0.3, 0.4) is 0 Å². The second kappa shape index (κ2) is 14.8. The van der Waals surface area contributed by atoms with Gasteiger partial charge in [0, 0.05) is 20.0 Å². The average Bonchev–Trinajstić information content (AvgIpc) is 3.04. The molecule has 2 aliphatic heterocycles. The molecule has 3 rings (SSSR count). The number of ether oxygens (including phenoxy) is 4. The summed E-state index contributed by atoms with van der Waals surface area (Å²) in [5, 5.41) is 6.59. The van der Waals surface area contributed by atoms with E-state index in [1.165, 1.54) is 11.9 Å². The molecule has 2 heterocycles. The molecule has 1 aromatic rings. The molecule has 1 N–H and O–H groups in total. The van der Waals surface area contributed by atoms with Gasteiger partial charge in [-0.15, -0.1) is 0 Å². The number of amides is 1. The molecule has 2 saturated heterocycles. The van der Waals surface area contributed by atoms with Gasteiger partial charge in [0.1, 0.15) is 12.1 Å². The van der Waals surface area contributed by atoms with Crippen LogP contribution >= 0.6 is 0 Å². The largest absolute Gasteiger partial charge is 0.511 e. The van der Waals surface area contributed by atoms with E-state index in [-0.39, 0.29) is 18.6 Å². The van der Waals surface area contributed by atoms with Crippen LogP contribution in [-0.4, -0.2) is 84.2 Å². The van der Waals surface area contributed by atoms with E-state index < -0.39 is 42.5 Å². The van der Waals surface area contributed by atoms with Crippen molar-refractivity contribution in [3.63, 3.8) is 0 Å². The molecule has 0 radical (unpaired) electrons. The van der Waals surface area contributed by atoms with E-state index in [2.05, 4.69) is 5.32 Å². The number of nitrogens with one attached hydrogen (secondary N) is 1. The highest BCUT2D eigenvalue weighted by Gasteiger charge is 2.43. The second-order valence-electron chi connectivity index (χ2n) is 10.0. The lowest BCUT2D eigenvalue weighted by Crippen LogP contribution is -2.62. The first kappa shape index (κ1) is 30.4. The molecule has 1 amide bonds. The lowest BCUT2D eigenvalue weighted by atomic mass is 10.0. The Hall–Kier alpha value is -3.18. The summed E-state index contributed by atoms with van der Waals surface area (Å²) >= 11 is 0. The lowest BCUT2D eigenvalue weighted by molar-refractivity contribution is -0.192. The van der Waals surface area contributed by atoms with Gasteiger partial charge in [-0.2, -0.15) is 0 Å². The maximum absolute atomic E-state index is 13.8. The summed E-state index contributed by atoms with van der Waals surface area (Å²) in [5.41, 5.74) is 1.08. The highest BCUT2D eigenvalue weighted by atomic mass is 16.8. The Morgan fingerprint density at radius 2 is 1.69 bits per heavy atom. The van der Waals surface area contributed by atoms with E-state index in [1.807, 2.05) is 35.3 Å². The summed E-state index contributed by atoms with van der Waals surface area (Å²) in [5.74, 6) is -1.36. The number of rotatable bonds is 11. The van der Waals surface area contributed by atoms with E-state index in [0.717, 1.165) is 5.56 Å². The minimum absolute atomic E-state index is 0.236. The first-order chi connectivity index (χ1) is 18.7. The number of fused-ring (bicyclic) bond motifs is 1. The summed E-state index contributed by atoms with van der Waals surface area (Å²) in [6.07, 6.45) is 0.932. The molecule has 0 saturated carbocycles. The van der Waals surface area contributed by atoms with Crippen molar-refractivity contribution < 1.29 is 38.1 Å². The molecule has 0 aliphatic carbocycles. The number of esters is 2. The summed E-state index contributed by atoms with van der Waals surface area (Å²) in [7, 11) is 0. The molecule has 2 aliphatic rings. The minimum Gasteiger partial charge on any atom is -0.465 e. The molecule has 0 spiro atoms. The second-order valence-corrected chi connectivity index (χ2v) is 10.0. The standard InChI is InChI=1S/C28H41N3O8/c1-5-36-26(33)23(16-15-21-11-7-6-8-12-21)29-22-13-9-17-30-18-10-14-24(31(30)25(22)32)27(34)38-20(4)39-28(35)37-19(2)3/h6-8,11-12,19-20,22-24,29H,5,9-10,13-18H2,1-4H3/t20-,22?,23-,24?/m0/s1. The van der Waals surface area contributed by atoms with Crippen LogP contribution in [0.15, 0.2) is 30.3 Å². The molecular weight excluding hydrogens is 506 g/mol. The fraction of sp³-hybridized carbons (Fsp3) is 0.643. The predicted molar refractivity (Wildman–Crippen MR) is 141 cm³/mol. The summed E-state index contributed by atoms with van der Waals surface area (Å²) in [4.78, 5) is 51.6. The van der Waals surface area contributed by atoms with Crippen molar-refractivity contribution in [1.82, 2.24) is 15.3 Å². The number of aryl methyl sites for hydroxylation is 1. The highest BCUT2D eigenvalue weighted by molar-refractivity contribution is 5.88. The fourth-order valence-electron chi connectivity index (χ4n) is 4.87. The first-order valence-corrected chi connectivity index (χ1v) is 13.8. The lowest BCUT2D eigenvalue weighted by Gasteiger charge is -2.43. The van der Waals surface area contributed by atoms with Crippen molar-refractivity contribution in [2.45, 2.75) is 96.7 Å². The average molecular weight is 548 g/mol. The third kappa shape index (κ3) is 8.93. The number of hydrogen-bond acceptors (Lipinski definition) is 10. The SMILES string of the molecule is CCOC(=O)[C@H](CCc1ccccc1)NC1CCCN2CCCC(C(=O)O[C@H](C)OC(=O)OC(C)C)N2C1=O. The number of nitrogens with zero attached hydrogens (tertiary/aromatic N) is 2. The van der Waals surface area contributed by atoms with Crippen LogP contribution in [0.5, 0.6) is 0 Å². The Bertz CT molecular complexity index is 973. The van der Waals surface area contributed by atoms with Crippen LogP contribution in [0.1, 0.15) is 65.4 Å². The van der Waals surface area contributed by atoms with E-state index >= 15 is 0 Å². The van der Waals surface area contributed by atoms with Crippen LogP contribution in [0, 0.1) is 0 Å². The van der Waals surface area contributed by atoms with Crippen LogP contribution in [0.2, 0.25) is 0 Å². The number of hydrazine groups is 1. The number of hydrogen-bond donors (Lipinski definition) is 1. The zero-order valence-electron chi connectivity index (χ0n) is 23.3. The van der Waals surface area contributed by atoms with Gasteiger partial charge in [-0.3, -0.25) is 19.9 Å². The van der Waals surface area contributed by atoms with E-state index in [4.69, 9.17) is 18.9 Å². The maximum atomic E-state index is 13.8. The van der Waals surface area contributed by atoms with Gasteiger partial charge in [-0.1, -0.05) is 30.3 Å². The Labute approximate surface area is 230 Å². The van der Waals surface area contributed by atoms with Gasteiger partial charge in [0.25, 0.3) is 5.91 Å².